The molecule has 0 unspecified atom stereocenters. The summed E-state index contributed by atoms with van der Waals surface area (Å²) in [5.41, 5.74) is 0.985. The highest BCUT2D eigenvalue weighted by Gasteiger charge is 2.19. The van der Waals surface area contributed by atoms with E-state index in [-0.39, 0.29) is 11.4 Å². The summed E-state index contributed by atoms with van der Waals surface area (Å²) in [4.78, 5) is 10.3. The SMILES string of the molecule is Cc1ccc(S(=O)(=O)N(C)C[C]=O)cc1. The van der Waals surface area contributed by atoms with Crippen molar-refractivity contribution in [2.75, 3.05) is 13.6 Å². The fourth-order valence-corrected chi connectivity index (χ4v) is 2.13. The van der Waals surface area contributed by atoms with Gasteiger partial charge >= 0.3 is 0 Å². The van der Waals surface area contributed by atoms with Gasteiger partial charge in [-0.2, -0.15) is 4.31 Å². The van der Waals surface area contributed by atoms with E-state index in [1.807, 2.05) is 6.92 Å². The molecular formula is C10H12NO3S. The average molecular weight is 226 g/mol. The van der Waals surface area contributed by atoms with Gasteiger partial charge in [0.05, 0.1) is 11.4 Å². The molecule has 0 aliphatic carbocycles. The Kier molecular flexibility index (Phi) is 3.60. The van der Waals surface area contributed by atoms with Crippen molar-refractivity contribution in [2.45, 2.75) is 11.8 Å². The second kappa shape index (κ2) is 4.55. The molecule has 0 aromatic heterocycles. The Bertz CT molecular complexity index is 436. The number of nitrogens with zero attached hydrogens (tertiary/aromatic N) is 1. The van der Waals surface area contributed by atoms with Crippen LogP contribution in [0.25, 0.3) is 0 Å². The van der Waals surface area contributed by atoms with E-state index in [1.165, 1.54) is 19.2 Å². The molecule has 0 N–H and O–H groups in total. The predicted molar refractivity (Wildman–Crippen MR) is 56.7 cm³/mol. The molecule has 5 heteroatoms. The Morgan fingerprint density at radius 2 is 1.80 bits per heavy atom. The summed E-state index contributed by atoms with van der Waals surface area (Å²) in [6, 6.07) is 6.47. The maximum Gasteiger partial charge on any atom is 0.243 e. The summed E-state index contributed by atoms with van der Waals surface area (Å²) < 4.78 is 24.5. The van der Waals surface area contributed by atoms with Gasteiger partial charge in [-0.05, 0) is 19.1 Å². The molecule has 1 rings (SSSR count). The van der Waals surface area contributed by atoms with Gasteiger partial charge < -0.3 is 0 Å². The third kappa shape index (κ3) is 2.64. The van der Waals surface area contributed by atoms with Crippen LogP contribution in [0.5, 0.6) is 0 Å². The lowest BCUT2D eigenvalue weighted by Gasteiger charge is -2.13. The van der Waals surface area contributed by atoms with Crippen LogP contribution in [-0.4, -0.2) is 32.6 Å². The van der Waals surface area contributed by atoms with E-state index in [4.69, 9.17) is 0 Å². The molecule has 0 heterocycles. The maximum atomic E-state index is 11.8. The van der Waals surface area contributed by atoms with Gasteiger partial charge in [0.15, 0.2) is 0 Å². The van der Waals surface area contributed by atoms with Gasteiger partial charge in [-0.25, -0.2) is 8.42 Å². The zero-order chi connectivity index (χ0) is 11.5. The molecular weight excluding hydrogens is 214 g/mol. The van der Waals surface area contributed by atoms with Crippen molar-refractivity contribution in [3.63, 3.8) is 0 Å². The number of sulfonamides is 1. The van der Waals surface area contributed by atoms with Gasteiger partial charge in [0.25, 0.3) is 0 Å². The molecule has 0 bridgehead atoms. The summed E-state index contributed by atoms with van der Waals surface area (Å²) in [5, 5.41) is 0. The molecule has 15 heavy (non-hydrogen) atoms. The van der Waals surface area contributed by atoms with Crippen LogP contribution in [0.3, 0.4) is 0 Å². The predicted octanol–water partition coefficient (Wildman–Crippen LogP) is 0.725. The average Bonchev–Trinajstić information content (AvgIpc) is 2.18. The zero-order valence-electron chi connectivity index (χ0n) is 8.60. The molecule has 0 fully saturated rings. The fourth-order valence-electron chi connectivity index (χ4n) is 1.07. The highest BCUT2D eigenvalue weighted by molar-refractivity contribution is 7.89. The standard InChI is InChI=1S/C10H12NO3S/c1-9-3-5-10(6-4-9)15(13,14)11(2)7-8-12/h3-6H,7H2,1-2H3. The first kappa shape index (κ1) is 11.9. The van der Waals surface area contributed by atoms with E-state index in [9.17, 15) is 13.2 Å². The van der Waals surface area contributed by atoms with Crippen LogP contribution in [0.2, 0.25) is 0 Å². The molecule has 0 amide bonds. The van der Waals surface area contributed by atoms with E-state index in [2.05, 4.69) is 0 Å². The van der Waals surface area contributed by atoms with Gasteiger partial charge in [-0.3, -0.25) is 4.79 Å². The third-order valence-corrected chi connectivity index (χ3v) is 3.83. The van der Waals surface area contributed by atoms with Crippen molar-refractivity contribution in [1.29, 1.82) is 0 Å². The highest BCUT2D eigenvalue weighted by atomic mass is 32.2. The Morgan fingerprint density at radius 3 is 2.27 bits per heavy atom. The smallest absolute Gasteiger partial charge is 0.243 e. The van der Waals surface area contributed by atoms with E-state index in [1.54, 1.807) is 18.4 Å². The molecule has 0 spiro atoms. The largest absolute Gasteiger partial charge is 0.289 e. The molecule has 1 aromatic carbocycles. The number of benzene rings is 1. The summed E-state index contributed by atoms with van der Waals surface area (Å²) in [6.45, 7) is 1.62. The van der Waals surface area contributed by atoms with Crippen molar-refractivity contribution >= 4 is 16.3 Å². The first-order chi connectivity index (χ1) is 6.98. The Balaban J connectivity index is 3.06. The normalized spacial score (nSPS) is 11.7. The number of likely N-dealkylation sites (N-methyl/N-ethyl adjacent to an activating group) is 1. The van der Waals surface area contributed by atoms with E-state index in [0.717, 1.165) is 9.87 Å². The molecule has 1 radical (unpaired) electrons. The highest BCUT2D eigenvalue weighted by Crippen LogP contribution is 2.14. The number of rotatable bonds is 4. The lowest BCUT2D eigenvalue weighted by Crippen LogP contribution is -2.28. The van der Waals surface area contributed by atoms with E-state index < -0.39 is 10.0 Å². The van der Waals surface area contributed by atoms with Gasteiger partial charge in [-0.1, -0.05) is 17.7 Å². The summed E-state index contributed by atoms with van der Waals surface area (Å²) in [7, 11) is -2.20. The molecule has 0 saturated heterocycles. The first-order valence-electron chi connectivity index (χ1n) is 4.36. The van der Waals surface area contributed by atoms with Gasteiger partial charge in [0.2, 0.25) is 16.3 Å². The van der Waals surface area contributed by atoms with Crippen LogP contribution in [0.4, 0.5) is 0 Å². The van der Waals surface area contributed by atoms with Crippen molar-refractivity contribution in [2.24, 2.45) is 0 Å². The fraction of sp³-hybridized carbons (Fsp3) is 0.300. The van der Waals surface area contributed by atoms with Gasteiger partial charge in [0.1, 0.15) is 0 Å². The second-order valence-electron chi connectivity index (χ2n) is 3.22. The summed E-state index contributed by atoms with van der Waals surface area (Å²) in [5.74, 6) is 0. The topological polar surface area (TPSA) is 54.5 Å². The van der Waals surface area contributed by atoms with E-state index in [0.29, 0.717) is 0 Å². The minimum atomic E-state index is -3.55. The lowest BCUT2D eigenvalue weighted by atomic mass is 10.2. The zero-order valence-corrected chi connectivity index (χ0v) is 9.41. The Hall–Kier alpha value is -1.20. The van der Waals surface area contributed by atoms with Gasteiger partial charge in [-0.15, -0.1) is 0 Å². The number of aryl methyl sites for hydroxylation is 1. The van der Waals surface area contributed by atoms with Crippen molar-refractivity contribution < 1.29 is 13.2 Å². The molecule has 81 valence electrons. The minimum Gasteiger partial charge on any atom is -0.289 e. The van der Waals surface area contributed by atoms with Crippen LogP contribution < -0.4 is 0 Å². The van der Waals surface area contributed by atoms with Crippen molar-refractivity contribution in [3.8, 4) is 0 Å². The van der Waals surface area contributed by atoms with Crippen molar-refractivity contribution in [3.05, 3.63) is 29.8 Å². The van der Waals surface area contributed by atoms with E-state index >= 15 is 0 Å². The minimum absolute atomic E-state index is 0.186. The van der Waals surface area contributed by atoms with Crippen molar-refractivity contribution in [1.82, 2.24) is 4.31 Å². The summed E-state index contributed by atoms with van der Waals surface area (Å²) in [6.07, 6.45) is 1.55. The second-order valence-corrected chi connectivity index (χ2v) is 5.26. The monoisotopic (exact) mass is 226 g/mol. The Labute approximate surface area is 89.6 Å². The molecule has 0 aliphatic heterocycles. The number of carbonyl (C=O) groups excluding carboxylic acids is 1. The first-order valence-corrected chi connectivity index (χ1v) is 5.80. The molecule has 0 saturated carbocycles. The van der Waals surface area contributed by atoms with Crippen LogP contribution in [0.15, 0.2) is 29.2 Å². The molecule has 0 aliphatic rings. The lowest BCUT2D eigenvalue weighted by molar-refractivity contribution is 0.486. The molecule has 0 atom stereocenters. The summed E-state index contributed by atoms with van der Waals surface area (Å²) >= 11 is 0. The number of hydrogen-bond donors (Lipinski definition) is 0. The molecule has 1 aromatic rings. The van der Waals surface area contributed by atoms with Gasteiger partial charge in [0, 0.05) is 7.05 Å². The van der Waals surface area contributed by atoms with Crippen LogP contribution >= 0.6 is 0 Å². The third-order valence-electron chi connectivity index (χ3n) is 2.02. The molecule has 4 nitrogen and oxygen atoms in total. The van der Waals surface area contributed by atoms with Crippen LogP contribution in [0.1, 0.15) is 5.56 Å². The van der Waals surface area contributed by atoms with Crippen LogP contribution in [-0.2, 0) is 14.8 Å². The van der Waals surface area contributed by atoms with Crippen LogP contribution in [0, 0.1) is 6.92 Å². The Morgan fingerprint density at radius 1 is 1.27 bits per heavy atom. The quantitative estimate of drug-likeness (QED) is 0.760. The number of hydrogen-bond acceptors (Lipinski definition) is 3. The maximum absolute atomic E-state index is 11.8.